The Labute approximate surface area is 179 Å². The Hall–Kier alpha value is -2.12. The third kappa shape index (κ3) is 4.47. The summed E-state index contributed by atoms with van der Waals surface area (Å²) in [6, 6.07) is 8.02. The molecule has 30 heavy (non-hydrogen) atoms. The molecule has 2 aromatic rings. The SMILES string of the molecule is CC1CN(C(C(=O)N2CCCN(c3nc4ccccc4[nH]3)CC2)C(C)C)CC(C)O1. The fourth-order valence-electron chi connectivity index (χ4n) is 4.93. The maximum atomic E-state index is 13.6. The van der Waals surface area contributed by atoms with Crippen LogP contribution in [0.25, 0.3) is 11.0 Å². The van der Waals surface area contributed by atoms with Crippen LogP contribution in [-0.4, -0.2) is 83.2 Å². The summed E-state index contributed by atoms with van der Waals surface area (Å²) in [6.45, 7) is 13.4. The van der Waals surface area contributed by atoms with Crippen LogP contribution in [0.2, 0.25) is 0 Å². The van der Waals surface area contributed by atoms with Gasteiger partial charge in [0.1, 0.15) is 0 Å². The molecule has 0 saturated carbocycles. The van der Waals surface area contributed by atoms with E-state index in [0.29, 0.717) is 0 Å². The fraction of sp³-hybridized carbons (Fsp3) is 0.652. The molecule has 2 aliphatic heterocycles. The van der Waals surface area contributed by atoms with Crippen LogP contribution in [0.15, 0.2) is 24.3 Å². The van der Waals surface area contributed by atoms with E-state index in [2.05, 4.69) is 53.4 Å². The molecule has 2 fully saturated rings. The van der Waals surface area contributed by atoms with Crippen molar-refractivity contribution < 1.29 is 9.53 Å². The van der Waals surface area contributed by atoms with Gasteiger partial charge in [-0.25, -0.2) is 4.98 Å². The highest BCUT2D eigenvalue weighted by Crippen LogP contribution is 2.22. The van der Waals surface area contributed by atoms with E-state index in [-0.39, 0.29) is 30.1 Å². The number of imidazole rings is 1. The number of hydrogen-bond acceptors (Lipinski definition) is 5. The minimum atomic E-state index is -0.0865. The second-order valence-electron chi connectivity index (χ2n) is 9.14. The number of carbonyl (C=O) groups excluding carboxylic acids is 1. The van der Waals surface area contributed by atoms with Crippen molar-refractivity contribution in [3.8, 4) is 0 Å². The average Bonchev–Trinajstić information content (AvgIpc) is 2.96. The molecule has 3 heterocycles. The molecule has 1 aromatic heterocycles. The quantitative estimate of drug-likeness (QED) is 0.835. The van der Waals surface area contributed by atoms with Crippen LogP contribution in [0.3, 0.4) is 0 Å². The molecule has 2 saturated heterocycles. The normalized spacial score (nSPS) is 25.0. The largest absolute Gasteiger partial charge is 0.373 e. The van der Waals surface area contributed by atoms with Crippen molar-refractivity contribution in [1.82, 2.24) is 19.8 Å². The Morgan fingerprint density at radius 1 is 1.10 bits per heavy atom. The number of benzene rings is 1. The Morgan fingerprint density at radius 2 is 1.83 bits per heavy atom. The first-order valence-corrected chi connectivity index (χ1v) is 11.3. The summed E-state index contributed by atoms with van der Waals surface area (Å²) in [5.74, 6) is 1.43. The molecule has 3 atom stereocenters. The molecule has 1 aromatic carbocycles. The highest BCUT2D eigenvalue weighted by Gasteiger charge is 2.36. The fourth-order valence-corrected chi connectivity index (χ4v) is 4.93. The second kappa shape index (κ2) is 8.94. The van der Waals surface area contributed by atoms with Gasteiger partial charge >= 0.3 is 0 Å². The van der Waals surface area contributed by atoms with Gasteiger partial charge in [-0.1, -0.05) is 26.0 Å². The molecule has 0 radical (unpaired) electrons. The predicted molar refractivity (Wildman–Crippen MR) is 120 cm³/mol. The number of anilines is 1. The van der Waals surface area contributed by atoms with E-state index in [1.165, 1.54) is 0 Å². The lowest BCUT2D eigenvalue weighted by atomic mass is 9.99. The zero-order valence-corrected chi connectivity index (χ0v) is 18.7. The third-order valence-corrected chi connectivity index (χ3v) is 6.21. The van der Waals surface area contributed by atoms with Gasteiger partial charge in [0.05, 0.1) is 29.3 Å². The van der Waals surface area contributed by atoms with Crippen LogP contribution in [-0.2, 0) is 9.53 Å². The minimum absolute atomic E-state index is 0.0865. The molecule has 1 amide bonds. The van der Waals surface area contributed by atoms with E-state index >= 15 is 0 Å². The lowest BCUT2D eigenvalue weighted by Crippen LogP contribution is -2.58. The summed E-state index contributed by atoms with van der Waals surface area (Å²) < 4.78 is 5.90. The van der Waals surface area contributed by atoms with Crippen LogP contribution in [0.1, 0.15) is 34.1 Å². The number of morpholine rings is 1. The number of nitrogens with zero attached hydrogens (tertiary/aromatic N) is 4. The van der Waals surface area contributed by atoms with E-state index in [4.69, 9.17) is 9.72 Å². The Bertz CT molecular complexity index is 823. The zero-order valence-electron chi connectivity index (χ0n) is 18.7. The number of amides is 1. The topological polar surface area (TPSA) is 64.7 Å². The maximum Gasteiger partial charge on any atom is 0.240 e. The number of H-pyrrole nitrogens is 1. The number of hydrogen-bond donors (Lipinski definition) is 1. The smallest absolute Gasteiger partial charge is 0.240 e. The number of rotatable bonds is 4. The van der Waals surface area contributed by atoms with E-state index in [0.717, 1.165) is 62.7 Å². The molecule has 7 nitrogen and oxygen atoms in total. The summed E-state index contributed by atoms with van der Waals surface area (Å²) >= 11 is 0. The first-order valence-electron chi connectivity index (χ1n) is 11.3. The average molecular weight is 414 g/mol. The number of carbonyl (C=O) groups is 1. The van der Waals surface area contributed by atoms with Crippen molar-refractivity contribution in [2.24, 2.45) is 5.92 Å². The van der Waals surface area contributed by atoms with E-state index in [1.807, 2.05) is 18.2 Å². The highest BCUT2D eigenvalue weighted by molar-refractivity contribution is 5.82. The third-order valence-electron chi connectivity index (χ3n) is 6.21. The van der Waals surface area contributed by atoms with Crippen LogP contribution < -0.4 is 4.90 Å². The van der Waals surface area contributed by atoms with Gasteiger partial charge in [-0.3, -0.25) is 9.69 Å². The van der Waals surface area contributed by atoms with Crippen molar-refractivity contribution in [1.29, 1.82) is 0 Å². The van der Waals surface area contributed by atoms with Crippen LogP contribution in [0, 0.1) is 5.92 Å². The van der Waals surface area contributed by atoms with Crippen LogP contribution in [0.5, 0.6) is 0 Å². The van der Waals surface area contributed by atoms with Crippen molar-refractivity contribution in [3.63, 3.8) is 0 Å². The molecule has 0 bridgehead atoms. The number of aromatic amines is 1. The lowest BCUT2D eigenvalue weighted by Gasteiger charge is -2.42. The molecular formula is C23H35N5O2. The van der Waals surface area contributed by atoms with Crippen LogP contribution in [0.4, 0.5) is 5.95 Å². The van der Waals surface area contributed by atoms with Crippen LogP contribution >= 0.6 is 0 Å². The van der Waals surface area contributed by atoms with Gasteiger partial charge < -0.3 is 19.5 Å². The molecule has 2 aliphatic rings. The Balaban J connectivity index is 1.45. The van der Waals surface area contributed by atoms with E-state index < -0.39 is 0 Å². The van der Waals surface area contributed by atoms with Gasteiger partial charge in [0.15, 0.2) is 0 Å². The Morgan fingerprint density at radius 3 is 2.53 bits per heavy atom. The molecule has 0 aliphatic carbocycles. The molecule has 164 valence electrons. The standard InChI is InChI=1S/C23H35N5O2/c1-16(2)21(28-14-17(3)30-18(4)15-28)22(29)26-10-7-11-27(13-12-26)23-24-19-8-5-6-9-20(19)25-23/h5-6,8-9,16-18,21H,7,10-15H2,1-4H3,(H,24,25). The van der Waals surface area contributed by atoms with E-state index in [1.54, 1.807) is 0 Å². The maximum absolute atomic E-state index is 13.6. The minimum Gasteiger partial charge on any atom is -0.373 e. The summed E-state index contributed by atoms with van der Waals surface area (Å²) in [5, 5.41) is 0. The summed E-state index contributed by atoms with van der Waals surface area (Å²) in [5.41, 5.74) is 2.04. The van der Waals surface area contributed by atoms with Gasteiger partial charge in [-0.2, -0.15) is 0 Å². The van der Waals surface area contributed by atoms with Gasteiger partial charge in [0.25, 0.3) is 0 Å². The van der Waals surface area contributed by atoms with Crippen molar-refractivity contribution in [2.45, 2.75) is 52.4 Å². The number of aromatic nitrogens is 2. The van der Waals surface area contributed by atoms with Gasteiger partial charge in [0, 0.05) is 39.3 Å². The molecule has 0 spiro atoms. The monoisotopic (exact) mass is 413 g/mol. The lowest BCUT2D eigenvalue weighted by molar-refractivity contribution is -0.145. The van der Waals surface area contributed by atoms with Crippen molar-refractivity contribution >= 4 is 22.9 Å². The van der Waals surface area contributed by atoms with Crippen molar-refractivity contribution in [2.75, 3.05) is 44.2 Å². The summed E-state index contributed by atoms with van der Waals surface area (Å²) in [7, 11) is 0. The first-order chi connectivity index (χ1) is 14.4. The molecule has 7 heteroatoms. The molecule has 1 N–H and O–H groups in total. The molecule has 4 rings (SSSR count). The van der Waals surface area contributed by atoms with E-state index in [9.17, 15) is 4.79 Å². The molecule has 3 unspecified atom stereocenters. The second-order valence-corrected chi connectivity index (χ2v) is 9.14. The number of ether oxygens (including phenoxy) is 1. The number of para-hydroxylation sites is 2. The van der Waals surface area contributed by atoms with Crippen molar-refractivity contribution in [3.05, 3.63) is 24.3 Å². The summed E-state index contributed by atoms with van der Waals surface area (Å²) in [4.78, 5) is 28.4. The Kier molecular flexibility index (Phi) is 6.29. The first kappa shape index (κ1) is 21.1. The number of nitrogens with one attached hydrogen (secondary N) is 1. The number of fused-ring (bicyclic) bond motifs is 1. The van der Waals surface area contributed by atoms with Gasteiger partial charge in [-0.05, 0) is 38.3 Å². The summed E-state index contributed by atoms with van der Waals surface area (Å²) in [6.07, 6.45) is 1.27. The molecular weight excluding hydrogens is 378 g/mol. The predicted octanol–water partition coefficient (Wildman–Crippen LogP) is 2.74. The van der Waals surface area contributed by atoms with Gasteiger partial charge in [-0.15, -0.1) is 0 Å². The zero-order chi connectivity index (χ0) is 21.3. The van der Waals surface area contributed by atoms with Gasteiger partial charge in [0.2, 0.25) is 11.9 Å². The highest BCUT2D eigenvalue weighted by atomic mass is 16.5.